The number of Topliss-reactive ketones (excluding diaryl/α,β-unsaturated/α-hetero) is 3. The van der Waals surface area contributed by atoms with Gasteiger partial charge in [-0.3, -0.25) is 19.2 Å². The number of fused-ring (bicyclic) bond motifs is 4. The number of carboxylic acid groups (broad SMARTS) is 1. The van der Waals surface area contributed by atoms with Crippen molar-refractivity contribution in [3.05, 3.63) is 11.1 Å². The molecule has 7 nitrogen and oxygen atoms in total. The molecule has 0 bridgehead atoms. The molecule has 206 valence electrons. The Morgan fingerprint density at radius 2 is 1.57 bits per heavy atom. The third-order valence-electron chi connectivity index (χ3n) is 11.5. The van der Waals surface area contributed by atoms with Crippen LogP contribution in [0.25, 0.3) is 0 Å². The standard InChI is InChI=1S/C30H44O7/c1-15(10-17(31)11-16(2)26(36)37)18-12-23(35)30(7)25-19(32)13-21-27(3,4)22(34)8-9-28(21,5)24(25)20(33)14-29(18,30)6/h15-16,18-21,32-33H,8-14H2,1-7H3,(H,36,37)/t15-,16?,18-,19+,20+,21+,28+,29-,30+/m1/s1. The minimum Gasteiger partial charge on any atom is -0.481 e. The average molecular weight is 517 g/mol. The van der Waals surface area contributed by atoms with Gasteiger partial charge in [0, 0.05) is 31.1 Å². The van der Waals surface area contributed by atoms with E-state index in [0.29, 0.717) is 31.3 Å². The number of aliphatic carboxylic acids is 1. The maximum Gasteiger partial charge on any atom is 0.306 e. The Morgan fingerprint density at radius 3 is 2.16 bits per heavy atom. The zero-order valence-electron chi connectivity index (χ0n) is 23.4. The van der Waals surface area contributed by atoms with Gasteiger partial charge >= 0.3 is 5.97 Å². The fourth-order valence-corrected chi connectivity index (χ4v) is 9.21. The number of carbonyl (C=O) groups is 4. The highest BCUT2D eigenvalue weighted by Crippen LogP contribution is 2.71. The van der Waals surface area contributed by atoms with Crippen molar-refractivity contribution in [2.24, 2.45) is 45.3 Å². The van der Waals surface area contributed by atoms with Gasteiger partial charge in [0.2, 0.25) is 0 Å². The molecule has 0 heterocycles. The van der Waals surface area contributed by atoms with Gasteiger partial charge in [-0.25, -0.2) is 0 Å². The van der Waals surface area contributed by atoms with E-state index in [1.54, 1.807) is 0 Å². The second kappa shape index (κ2) is 8.84. The number of aliphatic hydroxyl groups is 2. The second-order valence-electron chi connectivity index (χ2n) is 13.9. The predicted octanol–water partition coefficient (Wildman–Crippen LogP) is 4.13. The summed E-state index contributed by atoms with van der Waals surface area (Å²) in [4.78, 5) is 50.7. The van der Waals surface area contributed by atoms with E-state index in [1.165, 1.54) is 6.92 Å². The maximum atomic E-state index is 13.9. The van der Waals surface area contributed by atoms with Crippen LogP contribution in [0.3, 0.4) is 0 Å². The molecule has 0 saturated heterocycles. The fourth-order valence-electron chi connectivity index (χ4n) is 9.21. The van der Waals surface area contributed by atoms with Crippen molar-refractivity contribution < 1.29 is 34.5 Å². The molecule has 4 rings (SSSR count). The van der Waals surface area contributed by atoms with Crippen molar-refractivity contribution in [2.75, 3.05) is 0 Å². The summed E-state index contributed by atoms with van der Waals surface area (Å²) >= 11 is 0. The average Bonchev–Trinajstić information content (AvgIpc) is 2.99. The first kappa shape index (κ1) is 28.2. The molecule has 0 aromatic rings. The number of carboxylic acids is 1. The van der Waals surface area contributed by atoms with E-state index in [9.17, 15) is 34.5 Å². The van der Waals surface area contributed by atoms with Crippen LogP contribution in [0.2, 0.25) is 0 Å². The molecule has 37 heavy (non-hydrogen) atoms. The van der Waals surface area contributed by atoms with Crippen molar-refractivity contribution in [2.45, 2.75) is 106 Å². The van der Waals surface area contributed by atoms with Crippen LogP contribution >= 0.6 is 0 Å². The normalized spacial score (nSPS) is 42.5. The summed E-state index contributed by atoms with van der Waals surface area (Å²) in [6.07, 6.45) is 0.378. The van der Waals surface area contributed by atoms with E-state index in [2.05, 4.69) is 6.92 Å². The summed E-state index contributed by atoms with van der Waals surface area (Å²) in [5, 5.41) is 32.5. The number of rotatable bonds is 6. The van der Waals surface area contributed by atoms with Gasteiger partial charge in [0.1, 0.15) is 17.3 Å². The fraction of sp³-hybridized carbons (Fsp3) is 0.800. The molecule has 2 saturated carbocycles. The van der Waals surface area contributed by atoms with Gasteiger partial charge in [-0.2, -0.15) is 0 Å². The van der Waals surface area contributed by atoms with Gasteiger partial charge in [0.25, 0.3) is 0 Å². The molecule has 0 spiro atoms. The SMILES string of the molecule is CC(CC(=O)C[C@@H](C)[C@H]1CC(=O)[C@@]2(C)C3=C([C@@H](O)C[C@]12C)[C@@]1(C)CCC(=O)C(C)(C)[C@@H]1C[C@@H]3O)C(=O)O. The van der Waals surface area contributed by atoms with Crippen LogP contribution in [-0.2, 0) is 19.2 Å². The Hall–Kier alpha value is -1.86. The Kier molecular flexibility index (Phi) is 6.72. The largest absolute Gasteiger partial charge is 0.481 e. The molecular weight excluding hydrogens is 472 g/mol. The van der Waals surface area contributed by atoms with Gasteiger partial charge in [0.15, 0.2) is 0 Å². The van der Waals surface area contributed by atoms with Crippen LogP contribution in [0, 0.1) is 45.3 Å². The molecule has 0 amide bonds. The van der Waals surface area contributed by atoms with Crippen LogP contribution < -0.4 is 0 Å². The lowest BCUT2D eigenvalue weighted by molar-refractivity contribution is -0.146. The third kappa shape index (κ3) is 3.82. The van der Waals surface area contributed by atoms with E-state index >= 15 is 0 Å². The lowest BCUT2D eigenvalue weighted by Gasteiger charge is -2.62. The van der Waals surface area contributed by atoms with Crippen molar-refractivity contribution in [1.82, 2.24) is 0 Å². The molecule has 1 unspecified atom stereocenters. The van der Waals surface area contributed by atoms with Crippen LogP contribution in [0.15, 0.2) is 11.1 Å². The van der Waals surface area contributed by atoms with Crippen molar-refractivity contribution in [3.8, 4) is 0 Å². The number of carbonyl (C=O) groups excluding carboxylic acids is 3. The first-order chi connectivity index (χ1) is 16.9. The lowest BCUT2D eigenvalue weighted by atomic mass is 9.42. The van der Waals surface area contributed by atoms with Gasteiger partial charge in [-0.05, 0) is 65.9 Å². The zero-order valence-corrected chi connectivity index (χ0v) is 23.4. The van der Waals surface area contributed by atoms with Crippen LogP contribution in [0.5, 0.6) is 0 Å². The lowest BCUT2D eigenvalue weighted by Crippen LogP contribution is -2.60. The first-order valence-electron chi connectivity index (χ1n) is 13.8. The molecule has 0 aliphatic heterocycles. The van der Waals surface area contributed by atoms with Crippen molar-refractivity contribution in [3.63, 3.8) is 0 Å². The summed E-state index contributed by atoms with van der Waals surface area (Å²) in [6, 6.07) is 0. The first-order valence-corrected chi connectivity index (χ1v) is 13.8. The quantitative estimate of drug-likeness (QED) is 0.453. The van der Waals surface area contributed by atoms with Gasteiger partial charge in [-0.15, -0.1) is 0 Å². The smallest absolute Gasteiger partial charge is 0.306 e. The van der Waals surface area contributed by atoms with E-state index in [4.69, 9.17) is 0 Å². The topological polar surface area (TPSA) is 129 Å². The van der Waals surface area contributed by atoms with Crippen LogP contribution in [0.1, 0.15) is 93.4 Å². The van der Waals surface area contributed by atoms with Gasteiger partial charge in [0.05, 0.1) is 23.5 Å². The molecule has 2 fully saturated rings. The van der Waals surface area contributed by atoms with Gasteiger partial charge in [-0.1, -0.05) is 41.5 Å². The van der Waals surface area contributed by atoms with Crippen LogP contribution in [-0.4, -0.2) is 50.8 Å². The minimum atomic E-state index is -1.00. The second-order valence-corrected chi connectivity index (χ2v) is 13.9. The summed E-state index contributed by atoms with van der Waals surface area (Å²) < 4.78 is 0. The van der Waals surface area contributed by atoms with Crippen molar-refractivity contribution in [1.29, 1.82) is 0 Å². The summed E-state index contributed by atoms with van der Waals surface area (Å²) in [5.41, 5.74) is -1.32. The van der Waals surface area contributed by atoms with E-state index < -0.39 is 45.8 Å². The molecule has 7 heteroatoms. The number of hydrogen-bond acceptors (Lipinski definition) is 6. The third-order valence-corrected chi connectivity index (χ3v) is 11.5. The van der Waals surface area contributed by atoms with Crippen molar-refractivity contribution >= 4 is 23.3 Å². The minimum absolute atomic E-state index is 0.0323. The molecule has 4 aliphatic rings. The number of aliphatic hydroxyl groups excluding tert-OH is 2. The van der Waals surface area contributed by atoms with Gasteiger partial charge < -0.3 is 15.3 Å². The molecule has 0 aromatic heterocycles. The monoisotopic (exact) mass is 516 g/mol. The molecule has 4 aliphatic carbocycles. The number of ketones is 3. The molecule has 0 aromatic carbocycles. The Bertz CT molecular complexity index is 1070. The zero-order chi connectivity index (χ0) is 27.9. The number of hydrogen-bond donors (Lipinski definition) is 3. The highest BCUT2D eigenvalue weighted by atomic mass is 16.4. The van der Waals surface area contributed by atoms with E-state index in [0.717, 1.165) is 5.57 Å². The van der Waals surface area contributed by atoms with E-state index in [1.807, 2.05) is 34.6 Å². The predicted molar refractivity (Wildman–Crippen MR) is 137 cm³/mol. The Morgan fingerprint density at radius 1 is 0.946 bits per heavy atom. The summed E-state index contributed by atoms with van der Waals surface area (Å²) in [7, 11) is 0. The Balaban J connectivity index is 1.74. The maximum absolute atomic E-state index is 13.9. The summed E-state index contributed by atoms with van der Waals surface area (Å²) in [6.45, 7) is 13.4. The highest BCUT2D eigenvalue weighted by molar-refractivity contribution is 5.93. The Labute approximate surface area is 220 Å². The molecular formula is C30H44O7. The molecule has 9 atom stereocenters. The molecule has 0 radical (unpaired) electrons. The van der Waals surface area contributed by atoms with Crippen LogP contribution in [0.4, 0.5) is 0 Å². The molecule has 3 N–H and O–H groups in total. The van der Waals surface area contributed by atoms with E-state index in [-0.39, 0.29) is 54.4 Å². The summed E-state index contributed by atoms with van der Waals surface area (Å²) in [5.74, 6) is -2.16. The highest BCUT2D eigenvalue weighted by Gasteiger charge is 2.70.